The van der Waals surface area contributed by atoms with E-state index in [1.54, 1.807) is 0 Å². The molecule has 4 heteroatoms. The molecule has 1 amide bonds. The third-order valence-corrected chi connectivity index (χ3v) is 4.81. The van der Waals surface area contributed by atoms with Crippen molar-refractivity contribution in [3.63, 3.8) is 0 Å². The van der Waals surface area contributed by atoms with Crippen LogP contribution in [0.25, 0.3) is 0 Å². The first kappa shape index (κ1) is 17.1. The largest absolute Gasteiger partial charge is 0.444 e. The zero-order valence-corrected chi connectivity index (χ0v) is 15.1. The van der Waals surface area contributed by atoms with Crippen molar-refractivity contribution in [3.8, 4) is 0 Å². The number of nitrogens with zero attached hydrogens (tertiary/aromatic N) is 1. The number of rotatable bonds is 4. The number of para-hydroxylation sites is 1. The van der Waals surface area contributed by atoms with Crippen molar-refractivity contribution < 1.29 is 9.53 Å². The Hall–Kier alpha value is -1.71. The molecule has 0 aliphatic heterocycles. The predicted molar refractivity (Wildman–Crippen MR) is 97.4 cm³/mol. The van der Waals surface area contributed by atoms with Crippen LogP contribution in [0.2, 0.25) is 0 Å². The van der Waals surface area contributed by atoms with Crippen LogP contribution in [-0.4, -0.2) is 29.8 Å². The van der Waals surface area contributed by atoms with Gasteiger partial charge in [0.05, 0.1) is 0 Å². The highest BCUT2D eigenvalue weighted by Crippen LogP contribution is 2.37. The van der Waals surface area contributed by atoms with Crippen LogP contribution in [0.3, 0.4) is 0 Å². The van der Waals surface area contributed by atoms with Gasteiger partial charge in [0.1, 0.15) is 5.60 Å². The van der Waals surface area contributed by atoms with Crippen molar-refractivity contribution in [1.29, 1.82) is 0 Å². The molecule has 1 aromatic rings. The van der Waals surface area contributed by atoms with Crippen LogP contribution < -0.4 is 10.2 Å². The number of carbonyl (C=O) groups is 1. The Morgan fingerprint density at radius 2 is 1.54 bits per heavy atom. The average molecular weight is 330 g/mol. The maximum Gasteiger partial charge on any atom is 0.407 e. The molecule has 0 unspecified atom stereocenters. The Morgan fingerprint density at radius 3 is 2.04 bits per heavy atom. The van der Waals surface area contributed by atoms with Gasteiger partial charge in [0.15, 0.2) is 0 Å². The molecule has 2 aliphatic rings. The van der Waals surface area contributed by atoms with E-state index in [9.17, 15) is 4.79 Å². The minimum atomic E-state index is -0.433. The molecule has 0 atom stereocenters. The third kappa shape index (κ3) is 4.65. The van der Waals surface area contributed by atoms with E-state index in [2.05, 4.69) is 40.5 Å². The summed E-state index contributed by atoms with van der Waals surface area (Å²) in [5.74, 6) is 0. The molecular weight excluding hydrogens is 300 g/mol. The molecular formula is C20H30N2O2. The first-order valence-corrected chi connectivity index (χ1v) is 9.25. The lowest BCUT2D eigenvalue weighted by Crippen LogP contribution is -2.46. The lowest BCUT2D eigenvalue weighted by molar-refractivity contribution is 0.0491. The SMILES string of the molecule is CC(C)(C)OC(=O)N[C@H]1CC[C@H](N(c2ccccc2)C2CC2)CC1. The minimum Gasteiger partial charge on any atom is -0.444 e. The van der Waals surface area contributed by atoms with Gasteiger partial charge in [-0.3, -0.25) is 0 Å². The Kier molecular flexibility index (Phi) is 5.02. The monoisotopic (exact) mass is 330 g/mol. The summed E-state index contributed by atoms with van der Waals surface area (Å²) in [6.45, 7) is 5.70. The van der Waals surface area contributed by atoms with Crippen LogP contribution in [0.5, 0.6) is 0 Å². The van der Waals surface area contributed by atoms with Crippen molar-refractivity contribution in [1.82, 2.24) is 5.32 Å². The molecule has 132 valence electrons. The highest BCUT2D eigenvalue weighted by Gasteiger charge is 2.36. The van der Waals surface area contributed by atoms with Gasteiger partial charge < -0.3 is 15.0 Å². The lowest BCUT2D eigenvalue weighted by Gasteiger charge is -2.39. The maximum absolute atomic E-state index is 11.9. The zero-order valence-electron chi connectivity index (χ0n) is 15.1. The van der Waals surface area contributed by atoms with Gasteiger partial charge >= 0.3 is 6.09 Å². The van der Waals surface area contributed by atoms with E-state index >= 15 is 0 Å². The number of amides is 1. The number of alkyl carbamates (subject to hydrolysis) is 1. The summed E-state index contributed by atoms with van der Waals surface area (Å²) in [6.07, 6.45) is 6.65. The van der Waals surface area contributed by atoms with Gasteiger partial charge in [0, 0.05) is 23.8 Å². The molecule has 0 saturated heterocycles. The summed E-state index contributed by atoms with van der Waals surface area (Å²) < 4.78 is 5.37. The molecule has 0 spiro atoms. The summed E-state index contributed by atoms with van der Waals surface area (Å²) in [4.78, 5) is 14.6. The summed E-state index contributed by atoms with van der Waals surface area (Å²) in [5, 5.41) is 3.04. The molecule has 2 fully saturated rings. The van der Waals surface area contributed by atoms with Gasteiger partial charge in [-0.05, 0) is 71.4 Å². The molecule has 4 nitrogen and oxygen atoms in total. The zero-order chi connectivity index (χ0) is 17.2. The van der Waals surface area contributed by atoms with Crippen LogP contribution in [0.4, 0.5) is 10.5 Å². The van der Waals surface area contributed by atoms with E-state index < -0.39 is 5.60 Å². The average Bonchev–Trinajstić information content (AvgIpc) is 3.33. The van der Waals surface area contributed by atoms with Gasteiger partial charge in [-0.25, -0.2) is 4.79 Å². The Morgan fingerprint density at radius 1 is 1.00 bits per heavy atom. The van der Waals surface area contributed by atoms with Crippen LogP contribution in [0, 0.1) is 0 Å². The second-order valence-corrected chi connectivity index (χ2v) is 8.13. The highest BCUT2D eigenvalue weighted by molar-refractivity contribution is 5.68. The molecule has 1 N–H and O–H groups in total. The number of hydrogen-bond donors (Lipinski definition) is 1. The molecule has 24 heavy (non-hydrogen) atoms. The summed E-state index contributed by atoms with van der Waals surface area (Å²) in [5.41, 5.74) is 0.917. The second kappa shape index (κ2) is 7.04. The van der Waals surface area contributed by atoms with E-state index in [0.717, 1.165) is 25.7 Å². The molecule has 0 bridgehead atoms. The van der Waals surface area contributed by atoms with Crippen LogP contribution in [0.1, 0.15) is 59.3 Å². The summed E-state index contributed by atoms with van der Waals surface area (Å²) in [7, 11) is 0. The fourth-order valence-electron chi connectivity index (χ4n) is 3.65. The van der Waals surface area contributed by atoms with E-state index in [-0.39, 0.29) is 12.1 Å². The molecule has 2 saturated carbocycles. The summed E-state index contributed by atoms with van der Waals surface area (Å²) in [6, 6.07) is 12.3. The van der Waals surface area contributed by atoms with Crippen molar-refractivity contribution in [3.05, 3.63) is 30.3 Å². The molecule has 1 aromatic carbocycles. The van der Waals surface area contributed by atoms with E-state index in [0.29, 0.717) is 12.1 Å². The minimum absolute atomic E-state index is 0.243. The number of carbonyl (C=O) groups excluding carboxylic acids is 1. The summed E-state index contributed by atoms with van der Waals surface area (Å²) >= 11 is 0. The molecule has 0 heterocycles. The Bertz CT molecular complexity index is 541. The normalized spacial score (nSPS) is 24.3. The Labute approximate surface area is 145 Å². The van der Waals surface area contributed by atoms with Crippen molar-refractivity contribution in [2.75, 3.05) is 4.90 Å². The maximum atomic E-state index is 11.9. The first-order chi connectivity index (χ1) is 11.4. The van der Waals surface area contributed by atoms with Crippen LogP contribution in [-0.2, 0) is 4.74 Å². The molecule has 2 aliphatic carbocycles. The van der Waals surface area contributed by atoms with Gasteiger partial charge in [-0.2, -0.15) is 0 Å². The van der Waals surface area contributed by atoms with Crippen molar-refractivity contribution >= 4 is 11.8 Å². The smallest absolute Gasteiger partial charge is 0.407 e. The van der Waals surface area contributed by atoms with E-state index in [1.807, 2.05) is 20.8 Å². The molecule has 0 radical (unpaired) electrons. The van der Waals surface area contributed by atoms with Crippen molar-refractivity contribution in [2.45, 2.75) is 83.0 Å². The number of anilines is 1. The quantitative estimate of drug-likeness (QED) is 0.884. The standard InChI is InChI=1S/C20H30N2O2/c1-20(2,3)24-19(23)21-15-9-11-17(12-10-15)22(18-13-14-18)16-7-5-4-6-8-16/h4-8,15,17-18H,9-14H2,1-3H3,(H,21,23)/t15-,17-. The Balaban J connectivity index is 1.53. The topological polar surface area (TPSA) is 41.6 Å². The van der Waals surface area contributed by atoms with Crippen LogP contribution in [0.15, 0.2) is 30.3 Å². The number of nitrogens with one attached hydrogen (secondary N) is 1. The number of ether oxygens (including phenoxy) is 1. The first-order valence-electron chi connectivity index (χ1n) is 9.25. The van der Waals surface area contributed by atoms with E-state index in [1.165, 1.54) is 18.5 Å². The molecule has 0 aromatic heterocycles. The predicted octanol–water partition coefficient (Wildman–Crippen LogP) is 4.49. The number of hydrogen-bond acceptors (Lipinski definition) is 3. The molecule has 3 rings (SSSR count). The number of benzene rings is 1. The van der Waals surface area contributed by atoms with Gasteiger partial charge in [0.2, 0.25) is 0 Å². The lowest BCUT2D eigenvalue weighted by atomic mass is 9.89. The van der Waals surface area contributed by atoms with Gasteiger partial charge in [0.25, 0.3) is 0 Å². The van der Waals surface area contributed by atoms with Gasteiger partial charge in [-0.15, -0.1) is 0 Å². The highest BCUT2D eigenvalue weighted by atomic mass is 16.6. The van der Waals surface area contributed by atoms with Gasteiger partial charge in [-0.1, -0.05) is 18.2 Å². The fourth-order valence-corrected chi connectivity index (χ4v) is 3.65. The van der Waals surface area contributed by atoms with Crippen molar-refractivity contribution in [2.24, 2.45) is 0 Å². The van der Waals surface area contributed by atoms with Crippen LogP contribution >= 0.6 is 0 Å². The fraction of sp³-hybridized carbons (Fsp3) is 0.650. The third-order valence-electron chi connectivity index (χ3n) is 4.81. The van der Waals surface area contributed by atoms with E-state index in [4.69, 9.17) is 4.74 Å². The second-order valence-electron chi connectivity index (χ2n) is 8.13.